The van der Waals surface area contributed by atoms with E-state index in [4.69, 9.17) is 5.11 Å². The molecular formula is C22H36O5. The fraction of sp³-hybridized carbons (Fsp3) is 0.727. The van der Waals surface area contributed by atoms with Crippen LogP contribution in [-0.2, 0) is 9.59 Å². The van der Waals surface area contributed by atoms with Gasteiger partial charge in [-0.25, -0.2) is 0 Å². The predicted molar refractivity (Wildman–Crippen MR) is 106 cm³/mol. The molecule has 1 fully saturated rings. The number of hydrogen-bond donors (Lipinski definition) is 3. The van der Waals surface area contributed by atoms with Gasteiger partial charge in [0.2, 0.25) is 0 Å². The van der Waals surface area contributed by atoms with Crippen molar-refractivity contribution in [3.05, 3.63) is 24.3 Å². The maximum absolute atomic E-state index is 12.2. The number of carbonyl (C=O) groups is 2. The molecule has 3 N–H and O–H groups in total. The molecule has 0 spiro atoms. The first-order valence-corrected chi connectivity index (χ1v) is 10.2. The minimum absolute atomic E-state index is 0.0502. The molecule has 1 unspecified atom stereocenters. The minimum Gasteiger partial charge on any atom is -0.481 e. The summed E-state index contributed by atoms with van der Waals surface area (Å²) in [5.41, 5.74) is 0. The van der Waals surface area contributed by atoms with Gasteiger partial charge in [-0.15, -0.1) is 0 Å². The molecular weight excluding hydrogens is 344 g/mol. The van der Waals surface area contributed by atoms with Crippen LogP contribution < -0.4 is 0 Å². The van der Waals surface area contributed by atoms with Gasteiger partial charge in [-0.2, -0.15) is 0 Å². The monoisotopic (exact) mass is 380 g/mol. The number of rotatable bonds is 12. The lowest BCUT2D eigenvalue weighted by atomic mass is 9.89. The number of carbonyl (C=O) groups excluding carboxylic acids is 1. The van der Waals surface area contributed by atoms with Crippen molar-refractivity contribution in [3.8, 4) is 0 Å². The molecule has 0 saturated heterocycles. The standard InChI is InChI=1S/C22H36O5/c1-4-5-9-15(2)19(23)13-12-18-17(20(24)14-21(18)25)11-8-6-7-10-16(3)22(26)27/h6,8,12-13,15-19,21,23,25H,4-5,7,9-11,14H2,1-3H3,(H,26,27)/b8-6-,13-12+/t15-,16?,17-,18-,19+,21-/m1/s1. The van der Waals surface area contributed by atoms with Crippen molar-refractivity contribution in [1.82, 2.24) is 0 Å². The Morgan fingerprint density at radius 1 is 1.26 bits per heavy atom. The Hall–Kier alpha value is -1.46. The van der Waals surface area contributed by atoms with Crippen LogP contribution in [0, 0.1) is 23.7 Å². The van der Waals surface area contributed by atoms with Crippen molar-refractivity contribution in [2.24, 2.45) is 23.7 Å². The number of Topliss-reactive ketones (excluding diaryl/α,β-unsaturated/α-hetero) is 1. The summed E-state index contributed by atoms with van der Waals surface area (Å²) in [6.45, 7) is 5.82. The van der Waals surface area contributed by atoms with Gasteiger partial charge >= 0.3 is 5.97 Å². The number of carboxylic acid groups (broad SMARTS) is 1. The first-order valence-electron chi connectivity index (χ1n) is 10.2. The van der Waals surface area contributed by atoms with Crippen molar-refractivity contribution in [2.75, 3.05) is 0 Å². The van der Waals surface area contributed by atoms with Gasteiger partial charge in [-0.1, -0.05) is 57.9 Å². The summed E-state index contributed by atoms with van der Waals surface area (Å²) in [5.74, 6) is -1.51. The zero-order valence-electron chi connectivity index (χ0n) is 16.9. The van der Waals surface area contributed by atoms with Gasteiger partial charge in [-0.05, 0) is 31.6 Å². The predicted octanol–water partition coefficient (Wildman–Crippen LogP) is 3.74. The highest BCUT2D eigenvalue weighted by atomic mass is 16.4. The molecule has 1 saturated carbocycles. The highest BCUT2D eigenvalue weighted by Gasteiger charge is 2.39. The third-order valence-corrected chi connectivity index (χ3v) is 5.60. The number of ketones is 1. The summed E-state index contributed by atoms with van der Waals surface area (Å²) in [6, 6.07) is 0. The molecule has 1 aliphatic rings. The average Bonchev–Trinajstić information content (AvgIpc) is 2.89. The van der Waals surface area contributed by atoms with Crippen molar-refractivity contribution in [2.45, 2.75) is 77.9 Å². The molecule has 5 nitrogen and oxygen atoms in total. The SMILES string of the molecule is CCCC[C@@H](C)[C@@H](O)/C=C/[C@H]1[C@H](O)CC(=O)[C@@H]1C/C=C\CCC(C)C(=O)O. The van der Waals surface area contributed by atoms with Crippen LogP contribution >= 0.6 is 0 Å². The lowest BCUT2D eigenvalue weighted by molar-refractivity contribution is -0.141. The second-order valence-electron chi connectivity index (χ2n) is 7.94. The Bertz CT molecular complexity index is 525. The van der Waals surface area contributed by atoms with Gasteiger partial charge in [0.15, 0.2) is 0 Å². The number of aliphatic carboxylic acids is 1. The molecule has 154 valence electrons. The van der Waals surface area contributed by atoms with E-state index >= 15 is 0 Å². The minimum atomic E-state index is -0.797. The van der Waals surface area contributed by atoms with Crippen molar-refractivity contribution >= 4 is 11.8 Å². The number of hydrogen-bond acceptors (Lipinski definition) is 4. The van der Waals surface area contributed by atoms with E-state index in [1.54, 1.807) is 13.0 Å². The number of carboxylic acids is 1. The molecule has 0 aliphatic heterocycles. The fourth-order valence-corrected chi connectivity index (χ4v) is 3.49. The first-order chi connectivity index (χ1) is 12.8. The van der Waals surface area contributed by atoms with Gasteiger partial charge in [0.25, 0.3) is 0 Å². The quantitative estimate of drug-likeness (QED) is 0.448. The number of allylic oxidation sites excluding steroid dienone is 2. The van der Waals surface area contributed by atoms with Crippen LogP contribution in [0.25, 0.3) is 0 Å². The van der Waals surface area contributed by atoms with Crippen molar-refractivity contribution in [3.63, 3.8) is 0 Å². The molecule has 0 bridgehead atoms. The van der Waals surface area contributed by atoms with Crippen LogP contribution in [-0.4, -0.2) is 39.3 Å². The highest BCUT2D eigenvalue weighted by molar-refractivity contribution is 5.84. The lowest BCUT2D eigenvalue weighted by Crippen LogP contribution is -2.20. The molecule has 1 aliphatic carbocycles. The summed E-state index contributed by atoms with van der Waals surface area (Å²) in [6.07, 6.45) is 11.2. The van der Waals surface area contributed by atoms with Crippen LogP contribution in [0.2, 0.25) is 0 Å². The van der Waals surface area contributed by atoms with Gasteiger partial charge in [0, 0.05) is 18.3 Å². The Balaban J connectivity index is 2.57. The molecule has 0 radical (unpaired) electrons. The molecule has 27 heavy (non-hydrogen) atoms. The second kappa shape index (κ2) is 12.1. The van der Waals surface area contributed by atoms with E-state index in [9.17, 15) is 19.8 Å². The van der Waals surface area contributed by atoms with E-state index in [1.165, 1.54) is 0 Å². The van der Waals surface area contributed by atoms with Crippen molar-refractivity contribution in [1.29, 1.82) is 0 Å². The zero-order valence-corrected chi connectivity index (χ0v) is 16.9. The zero-order chi connectivity index (χ0) is 20.4. The van der Waals surface area contributed by atoms with E-state index in [0.717, 1.165) is 19.3 Å². The average molecular weight is 381 g/mol. The van der Waals surface area contributed by atoms with Crippen LogP contribution in [0.3, 0.4) is 0 Å². The number of aliphatic hydroxyl groups is 2. The van der Waals surface area contributed by atoms with Crippen LogP contribution in [0.15, 0.2) is 24.3 Å². The van der Waals surface area contributed by atoms with E-state index in [0.29, 0.717) is 19.3 Å². The first kappa shape index (κ1) is 23.6. The van der Waals surface area contributed by atoms with Crippen molar-refractivity contribution < 1.29 is 24.9 Å². The Labute approximate surface area is 163 Å². The largest absolute Gasteiger partial charge is 0.481 e. The Morgan fingerprint density at radius 3 is 2.59 bits per heavy atom. The van der Waals surface area contributed by atoms with E-state index in [2.05, 4.69) is 6.92 Å². The van der Waals surface area contributed by atoms with Gasteiger partial charge < -0.3 is 15.3 Å². The number of unbranched alkanes of at least 4 members (excludes halogenated alkanes) is 1. The van der Waals surface area contributed by atoms with E-state index in [1.807, 2.05) is 25.2 Å². The van der Waals surface area contributed by atoms with Crippen LogP contribution in [0.4, 0.5) is 0 Å². The molecule has 0 aromatic rings. The summed E-state index contributed by atoms with van der Waals surface area (Å²) >= 11 is 0. The lowest BCUT2D eigenvalue weighted by Gasteiger charge is -2.19. The Kier molecular flexibility index (Phi) is 10.6. The van der Waals surface area contributed by atoms with Crippen LogP contribution in [0.5, 0.6) is 0 Å². The van der Waals surface area contributed by atoms with Gasteiger partial charge in [-0.3, -0.25) is 9.59 Å². The summed E-state index contributed by atoms with van der Waals surface area (Å²) in [5, 5.41) is 29.4. The molecule has 6 atom stereocenters. The van der Waals surface area contributed by atoms with Crippen LogP contribution in [0.1, 0.15) is 65.7 Å². The number of aliphatic hydroxyl groups excluding tert-OH is 2. The molecule has 0 amide bonds. The highest BCUT2D eigenvalue weighted by Crippen LogP contribution is 2.33. The Morgan fingerprint density at radius 2 is 1.96 bits per heavy atom. The molecule has 1 rings (SSSR count). The van der Waals surface area contributed by atoms with E-state index < -0.39 is 18.2 Å². The fourth-order valence-electron chi connectivity index (χ4n) is 3.49. The molecule has 0 aromatic carbocycles. The van der Waals surface area contributed by atoms with Gasteiger partial charge in [0.05, 0.1) is 18.1 Å². The topological polar surface area (TPSA) is 94.8 Å². The van der Waals surface area contributed by atoms with E-state index in [-0.39, 0.29) is 35.9 Å². The third-order valence-electron chi connectivity index (χ3n) is 5.60. The molecule has 5 heteroatoms. The smallest absolute Gasteiger partial charge is 0.306 e. The maximum atomic E-state index is 12.2. The molecule has 0 aromatic heterocycles. The normalized spacial score (nSPS) is 26.7. The summed E-state index contributed by atoms with van der Waals surface area (Å²) < 4.78 is 0. The second-order valence-corrected chi connectivity index (χ2v) is 7.94. The maximum Gasteiger partial charge on any atom is 0.306 e. The summed E-state index contributed by atoms with van der Waals surface area (Å²) in [7, 11) is 0. The summed E-state index contributed by atoms with van der Waals surface area (Å²) in [4.78, 5) is 23.0. The van der Waals surface area contributed by atoms with Gasteiger partial charge in [0.1, 0.15) is 5.78 Å². The third kappa shape index (κ3) is 7.97. The molecule has 0 heterocycles.